The van der Waals surface area contributed by atoms with Crippen LogP contribution in [-0.4, -0.2) is 59.6 Å². The summed E-state index contributed by atoms with van der Waals surface area (Å²) in [6.45, 7) is 5.59. The number of nitrogens with one attached hydrogen (secondary N) is 1. The molecule has 1 fully saturated rings. The van der Waals surface area contributed by atoms with Crippen molar-refractivity contribution < 1.29 is 9.18 Å². The van der Waals surface area contributed by atoms with Crippen LogP contribution in [0.1, 0.15) is 12.8 Å². The lowest BCUT2D eigenvalue weighted by Crippen LogP contribution is -2.46. The molecular formula is C24H28FN5O2. The summed E-state index contributed by atoms with van der Waals surface area (Å²) >= 11 is 0. The normalized spacial score (nSPS) is 14.6. The predicted molar refractivity (Wildman–Crippen MR) is 123 cm³/mol. The quantitative estimate of drug-likeness (QED) is 0.548. The minimum atomic E-state index is -0.500. The number of halogens is 1. The summed E-state index contributed by atoms with van der Waals surface area (Å²) in [6.07, 6.45) is 3.21. The number of hydrogen-bond donors (Lipinski definition) is 1. The van der Waals surface area contributed by atoms with E-state index >= 15 is 0 Å². The van der Waals surface area contributed by atoms with E-state index < -0.39 is 11.4 Å². The van der Waals surface area contributed by atoms with Crippen molar-refractivity contribution in [2.24, 2.45) is 0 Å². The molecule has 0 spiro atoms. The maximum absolute atomic E-state index is 13.4. The second-order valence-corrected chi connectivity index (χ2v) is 8.06. The van der Waals surface area contributed by atoms with Crippen molar-refractivity contribution in [3.05, 3.63) is 71.0 Å². The van der Waals surface area contributed by atoms with E-state index in [1.807, 2.05) is 6.07 Å². The molecule has 0 bridgehead atoms. The van der Waals surface area contributed by atoms with Gasteiger partial charge in [-0.1, -0.05) is 18.2 Å². The molecule has 1 N–H and O–H groups in total. The van der Waals surface area contributed by atoms with Crippen molar-refractivity contribution in [3.8, 4) is 0 Å². The highest BCUT2D eigenvalue weighted by Gasteiger charge is 2.16. The first-order valence-electron chi connectivity index (χ1n) is 11.0. The van der Waals surface area contributed by atoms with Crippen molar-refractivity contribution in [1.82, 2.24) is 19.8 Å². The number of piperazine rings is 1. The number of hydrogen-bond acceptors (Lipinski definition) is 5. The van der Waals surface area contributed by atoms with Gasteiger partial charge in [0.05, 0.1) is 17.2 Å². The average Bonchev–Trinajstić information content (AvgIpc) is 2.82. The Morgan fingerprint density at radius 3 is 2.59 bits per heavy atom. The van der Waals surface area contributed by atoms with Crippen LogP contribution in [-0.2, 0) is 11.3 Å². The van der Waals surface area contributed by atoms with Gasteiger partial charge in [-0.3, -0.25) is 19.1 Å². The van der Waals surface area contributed by atoms with Gasteiger partial charge in [0, 0.05) is 38.4 Å². The lowest BCUT2D eigenvalue weighted by Gasteiger charge is -2.36. The van der Waals surface area contributed by atoms with Gasteiger partial charge in [0.15, 0.2) is 0 Å². The number of para-hydroxylation sites is 1. The summed E-state index contributed by atoms with van der Waals surface area (Å²) in [4.78, 5) is 33.7. The zero-order valence-corrected chi connectivity index (χ0v) is 18.0. The topological polar surface area (TPSA) is 70.5 Å². The molecule has 1 aliphatic heterocycles. The number of carbonyl (C=O) groups is 1. The Hall–Kier alpha value is -3.26. The number of anilines is 1. The Morgan fingerprint density at radius 2 is 1.81 bits per heavy atom. The number of aromatic nitrogens is 2. The lowest BCUT2D eigenvalue weighted by molar-refractivity contribution is -0.121. The number of carbonyl (C=O) groups excluding carboxylic acids is 1. The third kappa shape index (κ3) is 5.50. The summed E-state index contributed by atoms with van der Waals surface area (Å²) in [5.41, 5.74) is 1.28. The Balaban J connectivity index is 1.15. The fourth-order valence-electron chi connectivity index (χ4n) is 4.01. The molecule has 0 aliphatic carbocycles. The molecular weight excluding hydrogens is 409 g/mol. The minimum absolute atomic E-state index is 0.125. The van der Waals surface area contributed by atoms with E-state index in [1.165, 1.54) is 28.7 Å². The summed E-state index contributed by atoms with van der Waals surface area (Å²) in [7, 11) is 0. The van der Waals surface area contributed by atoms with Gasteiger partial charge in [-0.2, -0.15) is 0 Å². The van der Waals surface area contributed by atoms with E-state index in [-0.39, 0.29) is 17.8 Å². The van der Waals surface area contributed by atoms with E-state index in [0.717, 1.165) is 51.6 Å². The van der Waals surface area contributed by atoms with Crippen LogP contribution in [0.2, 0.25) is 0 Å². The Labute approximate surface area is 186 Å². The molecule has 3 aromatic rings. The summed E-state index contributed by atoms with van der Waals surface area (Å²) < 4.78 is 14.6. The molecule has 2 heterocycles. The van der Waals surface area contributed by atoms with E-state index in [9.17, 15) is 14.0 Å². The van der Waals surface area contributed by atoms with Crippen LogP contribution in [0.5, 0.6) is 0 Å². The number of benzene rings is 2. The number of amides is 1. The Kier molecular flexibility index (Phi) is 7.11. The molecule has 0 radical (unpaired) electrons. The fourth-order valence-corrected chi connectivity index (χ4v) is 4.01. The van der Waals surface area contributed by atoms with Crippen LogP contribution >= 0.6 is 0 Å². The third-order valence-electron chi connectivity index (χ3n) is 5.82. The molecule has 0 unspecified atom stereocenters. The number of unbranched alkanes of at least 4 members (excludes halogenated alkanes) is 1. The monoisotopic (exact) mass is 437 g/mol. The molecule has 1 saturated heterocycles. The van der Waals surface area contributed by atoms with E-state index in [2.05, 4.69) is 44.4 Å². The molecule has 4 rings (SSSR count). The first kappa shape index (κ1) is 22.0. The lowest BCUT2D eigenvalue weighted by atomic mass is 10.2. The molecule has 1 amide bonds. The van der Waals surface area contributed by atoms with Gasteiger partial charge in [0.1, 0.15) is 12.4 Å². The van der Waals surface area contributed by atoms with Crippen LogP contribution in [0.4, 0.5) is 10.1 Å². The van der Waals surface area contributed by atoms with E-state index in [1.54, 1.807) is 0 Å². The predicted octanol–water partition coefficient (Wildman–Crippen LogP) is 2.25. The van der Waals surface area contributed by atoms with E-state index in [4.69, 9.17) is 0 Å². The first-order valence-corrected chi connectivity index (χ1v) is 11.0. The second-order valence-electron chi connectivity index (χ2n) is 8.06. The average molecular weight is 438 g/mol. The SMILES string of the molecule is O=C(Cn1cnc2ccc(F)cc2c1=O)NCCCCN1CCN(c2ccccc2)CC1. The van der Waals surface area contributed by atoms with Gasteiger partial charge in [0.2, 0.25) is 5.91 Å². The van der Waals surface area contributed by atoms with Gasteiger partial charge in [-0.15, -0.1) is 0 Å². The molecule has 7 nitrogen and oxygen atoms in total. The van der Waals surface area contributed by atoms with Crippen molar-refractivity contribution in [1.29, 1.82) is 0 Å². The summed E-state index contributed by atoms with van der Waals surface area (Å²) in [6, 6.07) is 14.4. The highest BCUT2D eigenvalue weighted by atomic mass is 19.1. The van der Waals surface area contributed by atoms with Gasteiger partial charge in [-0.25, -0.2) is 9.37 Å². The van der Waals surface area contributed by atoms with Crippen LogP contribution in [0, 0.1) is 5.82 Å². The first-order chi connectivity index (χ1) is 15.6. The number of fused-ring (bicyclic) bond motifs is 1. The van der Waals surface area contributed by atoms with Crippen molar-refractivity contribution in [2.45, 2.75) is 19.4 Å². The number of nitrogens with zero attached hydrogens (tertiary/aromatic N) is 4. The van der Waals surface area contributed by atoms with Gasteiger partial charge < -0.3 is 10.2 Å². The third-order valence-corrected chi connectivity index (χ3v) is 5.82. The van der Waals surface area contributed by atoms with Gasteiger partial charge in [-0.05, 0) is 49.7 Å². The van der Waals surface area contributed by atoms with E-state index in [0.29, 0.717) is 12.1 Å². The standard InChI is InChI=1S/C24H28FN5O2/c25-19-8-9-22-21(16-19)24(32)30(18-27-22)17-23(31)26-10-4-5-11-28-12-14-29(15-13-28)20-6-2-1-3-7-20/h1-3,6-9,16,18H,4-5,10-15,17H2,(H,26,31). The second kappa shape index (κ2) is 10.4. The smallest absolute Gasteiger partial charge is 0.261 e. The zero-order valence-electron chi connectivity index (χ0n) is 18.0. The molecule has 1 aliphatic rings. The molecule has 32 heavy (non-hydrogen) atoms. The molecule has 8 heteroatoms. The molecule has 2 aromatic carbocycles. The van der Waals surface area contributed by atoms with Crippen molar-refractivity contribution in [3.63, 3.8) is 0 Å². The maximum Gasteiger partial charge on any atom is 0.261 e. The Bertz CT molecular complexity index is 1110. The Morgan fingerprint density at radius 1 is 1.03 bits per heavy atom. The van der Waals surface area contributed by atoms with Crippen LogP contribution < -0.4 is 15.8 Å². The van der Waals surface area contributed by atoms with Crippen LogP contribution in [0.25, 0.3) is 10.9 Å². The highest BCUT2D eigenvalue weighted by molar-refractivity contribution is 5.79. The number of rotatable bonds is 8. The maximum atomic E-state index is 13.4. The largest absolute Gasteiger partial charge is 0.369 e. The molecule has 0 saturated carbocycles. The fraction of sp³-hybridized carbons (Fsp3) is 0.375. The van der Waals surface area contributed by atoms with Crippen LogP contribution in [0.3, 0.4) is 0 Å². The summed E-state index contributed by atoms with van der Waals surface area (Å²) in [5.74, 6) is -0.749. The summed E-state index contributed by atoms with van der Waals surface area (Å²) in [5, 5.41) is 3.03. The minimum Gasteiger partial charge on any atom is -0.369 e. The molecule has 168 valence electrons. The zero-order chi connectivity index (χ0) is 22.3. The van der Waals surface area contributed by atoms with Gasteiger partial charge >= 0.3 is 0 Å². The highest BCUT2D eigenvalue weighted by Crippen LogP contribution is 2.15. The molecule has 0 atom stereocenters. The molecule has 1 aromatic heterocycles. The van der Waals surface area contributed by atoms with Crippen molar-refractivity contribution >= 4 is 22.5 Å². The van der Waals surface area contributed by atoms with Gasteiger partial charge in [0.25, 0.3) is 5.56 Å². The van der Waals surface area contributed by atoms with Crippen LogP contribution in [0.15, 0.2) is 59.7 Å². The van der Waals surface area contributed by atoms with Crippen molar-refractivity contribution in [2.75, 3.05) is 44.2 Å².